The maximum absolute atomic E-state index is 12.2. The Morgan fingerprint density at radius 1 is 1.38 bits per heavy atom. The lowest BCUT2D eigenvalue weighted by Crippen LogP contribution is -2.34. The Labute approximate surface area is 134 Å². The summed E-state index contributed by atoms with van der Waals surface area (Å²) in [6, 6.07) is 3.23. The fraction of sp³-hybridized carbons (Fsp3) is 0.417. The van der Waals surface area contributed by atoms with Crippen molar-refractivity contribution in [2.75, 3.05) is 25.4 Å². The number of aryl methyl sites for hydroxylation is 1. The molecule has 0 amide bonds. The first-order valence-corrected chi connectivity index (χ1v) is 8.14. The second-order valence-corrected chi connectivity index (χ2v) is 6.87. The molecular weight excluding hydrogens is 339 g/mol. The summed E-state index contributed by atoms with van der Waals surface area (Å²) < 4.78 is 32.1. The van der Waals surface area contributed by atoms with E-state index in [1.54, 1.807) is 19.1 Å². The van der Waals surface area contributed by atoms with Gasteiger partial charge in [-0.2, -0.15) is 12.7 Å². The van der Waals surface area contributed by atoms with E-state index >= 15 is 0 Å². The average Bonchev–Trinajstić information content (AvgIpc) is 2.44. The molecule has 21 heavy (non-hydrogen) atoms. The van der Waals surface area contributed by atoms with Crippen LogP contribution in [-0.4, -0.2) is 39.4 Å². The van der Waals surface area contributed by atoms with E-state index in [1.165, 1.54) is 14.2 Å². The van der Waals surface area contributed by atoms with Crippen molar-refractivity contribution in [2.45, 2.75) is 13.3 Å². The van der Waals surface area contributed by atoms with Gasteiger partial charge in [-0.1, -0.05) is 29.3 Å². The van der Waals surface area contributed by atoms with E-state index < -0.39 is 16.2 Å². The maximum Gasteiger partial charge on any atom is 0.306 e. The smallest absolute Gasteiger partial charge is 0.306 e. The number of carbonyl (C=O) groups is 1. The van der Waals surface area contributed by atoms with E-state index in [0.29, 0.717) is 5.56 Å². The Bertz CT molecular complexity index is 634. The first-order valence-electron chi connectivity index (χ1n) is 5.94. The monoisotopic (exact) mass is 354 g/mol. The van der Waals surface area contributed by atoms with E-state index in [0.717, 1.165) is 4.31 Å². The van der Waals surface area contributed by atoms with Gasteiger partial charge in [-0.25, -0.2) is 0 Å². The summed E-state index contributed by atoms with van der Waals surface area (Å²) in [6.07, 6.45) is -0.0524. The summed E-state index contributed by atoms with van der Waals surface area (Å²) in [5.74, 6) is -0.497. The molecular formula is C12H16Cl2N2O4S. The molecule has 0 aromatic heterocycles. The van der Waals surface area contributed by atoms with Crippen LogP contribution in [0.5, 0.6) is 0 Å². The molecule has 118 valence electrons. The summed E-state index contributed by atoms with van der Waals surface area (Å²) >= 11 is 12.0. The summed E-state index contributed by atoms with van der Waals surface area (Å²) in [6.45, 7) is 1.71. The van der Waals surface area contributed by atoms with Crippen LogP contribution in [0.25, 0.3) is 0 Å². The van der Waals surface area contributed by atoms with E-state index in [9.17, 15) is 13.2 Å². The highest BCUT2D eigenvalue weighted by atomic mass is 35.5. The van der Waals surface area contributed by atoms with Gasteiger partial charge in [0.2, 0.25) is 0 Å². The molecule has 1 N–H and O–H groups in total. The quantitative estimate of drug-likeness (QED) is 0.796. The van der Waals surface area contributed by atoms with Crippen LogP contribution in [0.2, 0.25) is 10.0 Å². The maximum atomic E-state index is 12.2. The normalized spacial score (nSPS) is 11.5. The Kier molecular flexibility index (Phi) is 6.27. The fourth-order valence-corrected chi connectivity index (χ4v) is 2.96. The molecule has 6 nitrogen and oxygen atoms in total. The zero-order chi connectivity index (χ0) is 16.2. The molecule has 0 bridgehead atoms. The number of halogens is 2. The molecule has 9 heteroatoms. The van der Waals surface area contributed by atoms with Gasteiger partial charge in [-0.05, 0) is 18.6 Å². The van der Waals surface area contributed by atoms with Gasteiger partial charge in [0.1, 0.15) is 0 Å². The molecule has 0 saturated carbocycles. The van der Waals surface area contributed by atoms with Crippen molar-refractivity contribution in [1.29, 1.82) is 0 Å². The van der Waals surface area contributed by atoms with Crippen LogP contribution in [-0.2, 0) is 19.7 Å². The van der Waals surface area contributed by atoms with Crippen LogP contribution >= 0.6 is 23.2 Å². The number of rotatable bonds is 6. The fourth-order valence-electron chi connectivity index (χ4n) is 1.43. The number of ether oxygens (including phenoxy) is 1. The molecule has 0 unspecified atom stereocenters. The highest BCUT2D eigenvalue weighted by molar-refractivity contribution is 7.90. The van der Waals surface area contributed by atoms with Gasteiger partial charge in [-0.15, -0.1) is 0 Å². The van der Waals surface area contributed by atoms with Crippen LogP contribution in [0.1, 0.15) is 12.0 Å². The minimum Gasteiger partial charge on any atom is -0.469 e. The van der Waals surface area contributed by atoms with Gasteiger partial charge in [0.25, 0.3) is 0 Å². The topological polar surface area (TPSA) is 75.7 Å². The van der Waals surface area contributed by atoms with Crippen LogP contribution in [0.3, 0.4) is 0 Å². The van der Waals surface area contributed by atoms with Gasteiger partial charge in [0, 0.05) is 13.6 Å². The van der Waals surface area contributed by atoms with E-state index in [1.807, 2.05) is 0 Å². The zero-order valence-corrected chi connectivity index (χ0v) is 14.1. The molecule has 1 rings (SSSR count). The summed E-state index contributed by atoms with van der Waals surface area (Å²) in [5, 5.41) is 0.419. The highest BCUT2D eigenvalue weighted by Gasteiger charge is 2.21. The molecule has 0 spiro atoms. The zero-order valence-electron chi connectivity index (χ0n) is 11.8. The van der Waals surface area contributed by atoms with Crippen LogP contribution in [0.4, 0.5) is 5.69 Å². The number of nitrogens with zero attached hydrogens (tertiary/aromatic N) is 1. The number of anilines is 1. The molecule has 1 aromatic carbocycles. The first kappa shape index (κ1) is 18.0. The standard InChI is InChI=1S/C12H16Cl2N2O4S/c1-8-4-5-9(13)12(11(8)14)15-21(18,19)16(2)7-6-10(17)20-3/h4-5,15H,6-7H2,1-3H3. The Hall–Kier alpha value is -1.02. The summed E-state index contributed by atoms with van der Waals surface area (Å²) in [7, 11) is -1.30. The van der Waals surface area contributed by atoms with Gasteiger partial charge in [0.05, 0.1) is 29.3 Å². The van der Waals surface area contributed by atoms with Crippen molar-refractivity contribution in [3.8, 4) is 0 Å². The van der Waals surface area contributed by atoms with Crippen molar-refractivity contribution in [1.82, 2.24) is 4.31 Å². The lowest BCUT2D eigenvalue weighted by atomic mass is 10.2. The van der Waals surface area contributed by atoms with E-state index in [4.69, 9.17) is 23.2 Å². The SMILES string of the molecule is COC(=O)CCN(C)S(=O)(=O)Nc1c(Cl)ccc(C)c1Cl. The van der Waals surface area contributed by atoms with Crippen molar-refractivity contribution in [2.24, 2.45) is 0 Å². The molecule has 0 saturated heterocycles. The second-order valence-electron chi connectivity index (χ2n) is 4.31. The Balaban J connectivity index is 2.90. The van der Waals surface area contributed by atoms with Crippen molar-refractivity contribution in [3.63, 3.8) is 0 Å². The molecule has 1 aromatic rings. The van der Waals surface area contributed by atoms with Crippen LogP contribution in [0.15, 0.2) is 12.1 Å². The van der Waals surface area contributed by atoms with Crippen molar-refractivity contribution < 1.29 is 17.9 Å². The minimum absolute atomic E-state index is 0.0247. The molecule has 0 radical (unpaired) electrons. The Morgan fingerprint density at radius 2 is 2.00 bits per heavy atom. The van der Waals surface area contributed by atoms with E-state index in [2.05, 4.69) is 9.46 Å². The number of nitrogens with one attached hydrogen (secondary N) is 1. The number of carbonyl (C=O) groups excluding carboxylic acids is 1. The summed E-state index contributed by atoms with van der Waals surface area (Å²) in [5.41, 5.74) is 0.805. The first-order chi connectivity index (χ1) is 9.69. The van der Waals surface area contributed by atoms with Crippen molar-refractivity contribution >= 4 is 45.1 Å². The number of esters is 1. The van der Waals surface area contributed by atoms with E-state index in [-0.39, 0.29) is 28.7 Å². The number of methoxy groups -OCH3 is 1. The number of hydrogen-bond donors (Lipinski definition) is 1. The lowest BCUT2D eigenvalue weighted by molar-refractivity contribution is -0.140. The van der Waals surface area contributed by atoms with Gasteiger partial charge >= 0.3 is 16.2 Å². The van der Waals surface area contributed by atoms with Crippen LogP contribution < -0.4 is 4.72 Å². The predicted octanol–water partition coefficient (Wildman–Crippen LogP) is 2.45. The largest absolute Gasteiger partial charge is 0.469 e. The molecule has 0 aliphatic carbocycles. The van der Waals surface area contributed by atoms with Crippen molar-refractivity contribution in [3.05, 3.63) is 27.7 Å². The third-order valence-electron chi connectivity index (χ3n) is 2.78. The van der Waals surface area contributed by atoms with Crippen LogP contribution in [0, 0.1) is 6.92 Å². The third-order valence-corrected chi connectivity index (χ3v) is 5.05. The minimum atomic E-state index is -3.87. The second kappa shape index (κ2) is 7.31. The van der Waals surface area contributed by atoms with Gasteiger partial charge < -0.3 is 4.74 Å². The average molecular weight is 355 g/mol. The molecule has 0 aliphatic heterocycles. The third kappa shape index (κ3) is 4.74. The molecule has 0 atom stereocenters. The molecule has 0 fully saturated rings. The summed E-state index contributed by atoms with van der Waals surface area (Å²) in [4.78, 5) is 11.0. The molecule has 0 heterocycles. The number of hydrogen-bond acceptors (Lipinski definition) is 4. The van der Waals surface area contributed by atoms with Gasteiger partial charge in [0.15, 0.2) is 0 Å². The van der Waals surface area contributed by atoms with Gasteiger partial charge in [-0.3, -0.25) is 9.52 Å². The predicted molar refractivity (Wildman–Crippen MR) is 83.0 cm³/mol. The Morgan fingerprint density at radius 3 is 2.57 bits per heavy atom. The number of benzene rings is 1. The lowest BCUT2D eigenvalue weighted by Gasteiger charge is -2.19. The molecule has 0 aliphatic rings. The highest BCUT2D eigenvalue weighted by Crippen LogP contribution is 2.33.